The van der Waals surface area contributed by atoms with Gasteiger partial charge in [0.15, 0.2) is 5.78 Å². The first-order valence-corrected chi connectivity index (χ1v) is 4.77. The molecule has 0 amide bonds. The number of carboxylic acids is 1. The summed E-state index contributed by atoms with van der Waals surface area (Å²) in [7, 11) is 0. The molecular weight excluding hydrogens is 228 g/mol. The molecule has 0 fully saturated rings. The Kier molecular flexibility index (Phi) is 6.50. The van der Waals surface area contributed by atoms with Crippen LogP contribution in [0.2, 0.25) is 0 Å². The van der Waals surface area contributed by atoms with Crippen molar-refractivity contribution in [2.24, 2.45) is 0 Å². The van der Waals surface area contributed by atoms with E-state index in [0.717, 1.165) is 6.08 Å². The predicted molar refractivity (Wildman–Crippen MR) is 58.2 cm³/mol. The number of hydrogen-bond acceptors (Lipinski definition) is 5. The molecule has 1 unspecified atom stereocenters. The van der Waals surface area contributed by atoms with Crippen LogP contribution in [0.1, 0.15) is 13.3 Å². The molecule has 6 nitrogen and oxygen atoms in total. The number of carbonyl (C=O) groups is 3. The van der Waals surface area contributed by atoms with Crippen LogP contribution in [-0.2, 0) is 19.1 Å². The summed E-state index contributed by atoms with van der Waals surface area (Å²) in [6.45, 7) is 4.54. The van der Waals surface area contributed by atoms with Crippen LogP contribution in [-0.4, -0.2) is 40.6 Å². The monoisotopic (exact) mass is 242 g/mol. The second kappa shape index (κ2) is 7.34. The van der Waals surface area contributed by atoms with E-state index < -0.39 is 18.0 Å². The Balaban J connectivity index is 3.96. The van der Waals surface area contributed by atoms with Crippen LogP contribution in [0.4, 0.5) is 0 Å². The molecule has 0 rings (SSSR count). The average molecular weight is 242 g/mol. The van der Waals surface area contributed by atoms with Crippen molar-refractivity contribution >= 4 is 17.7 Å². The zero-order valence-corrected chi connectivity index (χ0v) is 9.38. The fraction of sp³-hybridized carbons (Fsp3) is 0.364. The number of esters is 1. The van der Waals surface area contributed by atoms with E-state index in [0.29, 0.717) is 11.6 Å². The second-order valence-corrected chi connectivity index (χ2v) is 3.36. The molecule has 17 heavy (non-hydrogen) atoms. The molecule has 0 aliphatic rings. The smallest absolute Gasteiger partial charge is 0.331 e. The van der Waals surface area contributed by atoms with Gasteiger partial charge < -0.3 is 14.9 Å². The summed E-state index contributed by atoms with van der Waals surface area (Å²) in [5.41, 5.74) is 0.307. The quantitative estimate of drug-likeness (QED) is 0.484. The number of hydrogen-bond donors (Lipinski definition) is 2. The summed E-state index contributed by atoms with van der Waals surface area (Å²) in [5, 5.41) is 17.5. The van der Waals surface area contributed by atoms with Gasteiger partial charge in [0, 0.05) is 18.6 Å². The van der Waals surface area contributed by atoms with Gasteiger partial charge in [0.25, 0.3) is 0 Å². The Bertz CT molecular complexity index is 355. The minimum atomic E-state index is -1.28. The zero-order chi connectivity index (χ0) is 13.4. The lowest BCUT2D eigenvalue weighted by atomic mass is 10.1. The summed E-state index contributed by atoms with van der Waals surface area (Å²) in [6, 6.07) is 0. The zero-order valence-electron chi connectivity index (χ0n) is 9.38. The molecule has 6 heteroatoms. The highest BCUT2D eigenvalue weighted by Gasteiger charge is 2.12. The molecule has 0 aliphatic carbocycles. The van der Waals surface area contributed by atoms with Crippen LogP contribution in [0.3, 0.4) is 0 Å². The van der Waals surface area contributed by atoms with Crippen LogP contribution in [0.5, 0.6) is 0 Å². The Labute approximate surface area is 98.2 Å². The summed E-state index contributed by atoms with van der Waals surface area (Å²) in [5.74, 6) is -2.50. The van der Waals surface area contributed by atoms with Crippen LogP contribution >= 0.6 is 0 Å². The first-order valence-electron chi connectivity index (χ1n) is 4.77. The Hall–Kier alpha value is -1.95. The second-order valence-electron chi connectivity index (χ2n) is 3.36. The minimum Gasteiger partial charge on any atom is -0.478 e. The number of ether oxygens (including phenoxy) is 1. The Morgan fingerprint density at radius 3 is 2.41 bits per heavy atom. The van der Waals surface area contributed by atoms with Crippen LogP contribution in [0.15, 0.2) is 24.3 Å². The summed E-state index contributed by atoms with van der Waals surface area (Å²) in [6.07, 6.45) is 0.0237. The highest BCUT2D eigenvalue weighted by Crippen LogP contribution is 2.01. The van der Waals surface area contributed by atoms with Crippen molar-refractivity contribution in [1.82, 2.24) is 0 Å². The summed E-state index contributed by atoms with van der Waals surface area (Å²) in [4.78, 5) is 32.1. The van der Waals surface area contributed by atoms with Crippen molar-refractivity contribution in [3.63, 3.8) is 0 Å². The molecule has 2 N–H and O–H groups in total. The van der Waals surface area contributed by atoms with Gasteiger partial charge in [0.2, 0.25) is 0 Å². The molecule has 0 radical (unpaired) electrons. The Morgan fingerprint density at radius 1 is 1.35 bits per heavy atom. The maximum absolute atomic E-state index is 11.1. The lowest BCUT2D eigenvalue weighted by Crippen LogP contribution is -2.21. The van der Waals surface area contributed by atoms with Crippen molar-refractivity contribution in [3.05, 3.63) is 24.3 Å². The van der Waals surface area contributed by atoms with Gasteiger partial charge in [-0.15, -0.1) is 0 Å². The largest absolute Gasteiger partial charge is 0.478 e. The van der Waals surface area contributed by atoms with Gasteiger partial charge in [-0.3, -0.25) is 4.79 Å². The van der Waals surface area contributed by atoms with E-state index in [1.165, 1.54) is 6.92 Å². The third-order valence-corrected chi connectivity index (χ3v) is 1.68. The molecule has 0 aliphatic heterocycles. The molecule has 94 valence electrons. The van der Waals surface area contributed by atoms with Crippen LogP contribution in [0, 0.1) is 0 Å². The maximum Gasteiger partial charge on any atom is 0.331 e. The molecule has 0 aromatic carbocycles. The number of ketones is 1. The van der Waals surface area contributed by atoms with Gasteiger partial charge in [0.1, 0.15) is 6.61 Å². The van der Waals surface area contributed by atoms with E-state index in [4.69, 9.17) is 5.11 Å². The molecule has 0 bridgehead atoms. The SMILES string of the molecule is C=C(C)C(=O)CC(O)COC(=O)/C=C\C(=O)O. The average Bonchev–Trinajstić information content (AvgIpc) is 2.23. The van der Waals surface area contributed by atoms with Crippen molar-refractivity contribution in [2.75, 3.05) is 6.61 Å². The standard InChI is InChI=1S/C11H14O6/c1-7(2)9(13)5-8(12)6-17-11(16)4-3-10(14)15/h3-4,8,12H,1,5-6H2,2H3,(H,14,15)/b4-3-. The molecule has 0 aromatic heterocycles. The fourth-order valence-corrected chi connectivity index (χ4v) is 0.813. The van der Waals surface area contributed by atoms with E-state index in [-0.39, 0.29) is 18.8 Å². The lowest BCUT2D eigenvalue weighted by molar-refractivity contribution is -0.142. The molecule has 0 spiro atoms. The number of carbonyl (C=O) groups excluding carboxylic acids is 2. The van der Waals surface area contributed by atoms with Crippen molar-refractivity contribution < 1.29 is 29.3 Å². The van der Waals surface area contributed by atoms with E-state index in [9.17, 15) is 19.5 Å². The topological polar surface area (TPSA) is 101 Å². The first kappa shape index (κ1) is 15.0. The third-order valence-electron chi connectivity index (χ3n) is 1.68. The number of aliphatic hydroxyl groups is 1. The van der Waals surface area contributed by atoms with Gasteiger partial charge in [-0.25, -0.2) is 9.59 Å². The molecular formula is C11H14O6. The molecule has 0 aromatic rings. The van der Waals surface area contributed by atoms with Gasteiger partial charge in [-0.1, -0.05) is 6.58 Å². The molecule has 0 heterocycles. The Morgan fingerprint density at radius 2 is 1.94 bits per heavy atom. The summed E-state index contributed by atoms with van der Waals surface area (Å²) < 4.78 is 4.51. The van der Waals surface area contributed by atoms with Crippen molar-refractivity contribution in [2.45, 2.75) is 19.4 Å². The van der Waals surface area contributed by atoms with Gasteiger partial charge in [-0.2, -0.15) is 0 Å². The van der Waals surface area contributed by atoms with E-state index in [2.05, 4.69) is 11.3 Å². The van der Waals surface area contributed by atoms with E-state index >= 15 is 0 Å². The highest BCUT2D eigenvalue weighted by molar-refractivity contribution is 5.94. The fourth-order valence-electron chi connectivity index (χ4n) is 0.813. The van der Waals surface area contributed by atoms with Crippen LogP contribution < -0.4 is 0 Å². The summed E-state index contributed by atoms with van der Waals surface area (Å²) >= 11 is 0. The number of rotatable bonds is 7. The molecule has 0 saturated heterocycles. The minimum absolute atomic E-state index is 0.189. The van der Waals surface area contributed by atoms with Crippen LogP contribution in [0.25, 0.3) is 0 Å². The highest BCUT2D eigenvalue weighted by atomic mass is 16.5. The number of carboxylic acid groups (broad SMARTS) is 1. The van der Waals surface area contributed by atoms with E-state index in [1.807, 2.05) is 0 Å². The van der Waals surface area contributed by atoms with Gasteiger partial charge >= 0.3 is 11.9 Å². The maximum atomic E-state index is 11.1. The molecule has 1 atom stereocenters. The number of aliphatic hydroxyl groups excluding tert-OH is 1. The van der Waals surface area contributed by atoms with Crippen molar-refractivity contribution in [1.29, 1.82) is 0 Å². The third kappa shape index (κ3) is 7.92. The first-order chi connectivity index (χ1) is 7.82. The normalized spacial score (nSPS) is 12.1. The number of Topliss-reactive ketones (excluding diaryl/α,β-unsaturated/α-hetero) is 1. The lowest BCUT2D eigenvalue weighted by Gasteiger charge is -2.09. The number of allylic oxidation sites excluding steroid dienone is 1. The van der Waals surface area contributed by atoms with E-state index in [1.54, 1.807) is 0 Å². The molecule has 0 saturated carbocycles. The van der Waals surface area contributed by atoms with Crippen molar-refractivity contribution in [3.8, 4) is 0 Å². The number of aliphatic carboxylic acids is 1. The van der Waals surface area contributed by atoms with Gasteiger partial charge in [0.05, 0.1) is 6.10 Å². The van der Waals surface area contributed by atoms with Gasteiger partial charge in [-0.05, 0) is 12.5 Å². The predicted octanol–water partition coefficient (Wildman–Crippen LogP) is 0.0666.